The van der Waals surface area contributed by atoms with Gasteiger partial charge >= 0.3 is 11.8 Å². The summed E-state index contributed by atoms with van der Waals surface area (Å²) in [4.78, 5) is 25.1. The highest BCUT2D eigenvalue weighted by atomic mass is 32.2. The van der Waals surface area contributed by atoms with Crippen molar-refractivity contribution in [3.8, 4) is 0 Å². The Morgan fingerprint density at radius 1 is 1.11 bits per heavy atom. The maximum atomic E-state index is 12.1. The quantitative estimate of drug-likeness (QED) is 0.467. The Morgan fingerprint density at radius 2 is 1.81 bits per heavy atom. The first-order chi connectivity index (χ1) is 13.0. The van der Waals surface area contributed by atoms with Gasteiger partial charge in [-0.2, -0.15) is 0 Å². The highest BCUT2D eigenvalue weighted by molar-refractivity contribution is 7.98. The van der Waals surface area contributed by atoms with Crippen molar-refractivity contribution >= 4 is 40.2 Å². The SMILES string of the molecule is CSc1ccccc1NC(=O)C(=O)NC[C@@H](O)c1cn(C)c2ccccc12. The number of nitrogens with one attached hydrogen (secondary N) is 2. The molecule has 0 saturated heterocycles. The molecule has 0 bridgehead atoms. The van der Waals surface area contributed by atoms with Crippen molar-refractivity contribution in [1.29, 1.82) is 0 Å². The smallest absolute Gasteiger partial charge is 0.313 e. The predicted octanol–water partition coefficient (Wildman–Crippen LogP) is 2.69. The summed E-state index contributed by atoms with van der Waals surface area (Å²) >= 11 is 1.48. The van der Waals surface area contributed by atoms with Gasteiger partial charge in [-0.3, -0.25) is 9.59 Å². The van der Waals surface area contributed by atoms with Gasteiger partial charge < -0.3 is 20.3 Å². The van der Waals surface area contributed by atoms with E-state index in [2.05, 4.69) is 10.6 Å². The Balaban J connectivity index is 1.63. The lowest BCUT2D eigenvalue weighted by Crippen LogP contribution is -2.37. The molecule has 3 aromatic rings. The zero-order chi connectivity index (χ0) is 19.4. The number of carbonyl (C=O) groups excluding carboxylic acids is 2. The molecule has 140 valence electrons. The molecule has 27 heavy (non-hydrogen) atoms. The molecule has 0 unspecified atom stereocenters. The Hall–Kier alpha value is -2.77. The molecule has 1 atom stereocenters. The van der Waals surface area contributed by atoms with Crippen LogP contribution in [0.5, 0.6) is 0 Å². The zero-order valence-corrected chi connectivity index (χ0v) is 15.9. The van der Waals surface area contributed by atoms with Gasteiger partial charge in [0.1, 0.15) is 0 Å². The van der Waals surface area contributed by atoms with Crippen LogP contribution >= 0.6 is 11.8 Å². The van der Waals surface area contributed by atoms with Gasteiger partial charge in [0.05, 0.1) is 11.8 Å². The third kappa shape index (κ3) is 4.15. The highest BCUT2D eigenvalue weighted by Gasteiger charge is 2.19. The number of benzene rings is 2. The second-order valence-electron chi connectivity index (χ2n) is 6.09. The number of aliphatic hydroxyl groups is 1. The number of rotatable bonds is 5. The molecule has 0 fully saturated rings. The van der Waals surface area contributed by atoms with Crippen LogP contribution in [-0.4, -0.2) is 34.3 Å². The highest BCUT2D eigenvalue weighted by Crippen LogP contribution is 2.26. The van der Waals surface area contributed by atoms with Gasteiger partial charge in [0, 0.05) is 41.2 Å². The Morgan fingerprint density at radius 3 is 2.59 bits per heavy atom. The van der Waals surface area contributed by atoms with Gasteiger partial charge in [0.15, 0.2) is 0 Å². The summed E-state index contributed by atoms with van der Waals surface area (Å²) in [6.07, 6.45) is 2.81. The van der Waals surface area contributed by atoms with Gasteiger partial charge in [-0.05, 0) is 24.5 Å². The van der Waals surface area contributed by atoms with Crippen LogP contribution in [0.25, 0.3) is 10.9 Å². The van der Waals surface area contributed by atoms with Crippen molar-refractivity contribution in [3.05, 3.63) is 60.3 Å². The van der Waals surface area contributed by atoms with E-state index in [1.54, 1.807) is 12.1 Å². The van der Waals surface area contributed by atoms with Crippen LogP contribution in [0.2, 0.25) is 0 Å². The molecule has 0 aliphatic rings. The lowest BCUT2D eigenvalue weighted by atomic mass is 10.1. The zero-order valence-electron chi connectivity index (χ0n) is 15.1. The molecule has 0 spiro atoms. The van der Waals surface area contributed by atoms with Crippen LogP contribution in [0.15, 0.2) is 59.6 Å². The molecule has 0 aliphatic carbocycles. The van der Waals surface area contributed by atoms with Crippen molar-refractivity contribution < 1.29 is 14.7 Å². The van der Waals surface area contributed by atoms with E-state index in [1.165, 1.54) is 11.8 Å². The van der Waals surface area contributed by atoms with Gasteiger partial charge in [0.2, 0.25) is 0 Å². The molecular formula is C20H21N3O3S. The standard InChI is InChI=1S/C20H21N3O3S/c1-23-12-14(13-7-3-5-9-16(13)23)17(24)11-21-19(25)20(26)22-15-8-4-6-10-18(15)27-2/h3-10,12,17,24H,11H2,1-2H3,(H,21,25)(H,22,26)/t17-/m1/s1. The number of amides is 2. The summed E-state index contributed by atoms with van der Waals surface area (Å²) in [5.41, 5.74) is 2.28. The molecule has 6 nitrogen and oxygen atoms in total. The number of thioether (sulfide) groups is 1. The molecule has 7 heteroatoms. The first-order valence-corrected chi connectivity index (χ1v) is 9.68. The van der Waals surface area contributed by atoms with Gasteiger partial charge in [-0.25, -0.2) is 0 Å². The summed E-state index contributed by atoms with van der Waals surface area (Å²) in [5, 5.41) is 16.5. The number of aromatic nitrogens is 1. The molecule has 3 rings (SSSR count). The molecule has 2 aromatic carbocycles. The van der Waals surface area contributed by atoms with E-state index in [-0.39, 0.29) is 6.54 Å². The van der Waals surface area contributed by atoms with Crippen molar-refractivity contribution in [1.82, 2.24) is 9.88 Å². The fourth-order valence-corrected chi connectivity index (χ4v) is 3.50. The van der Waals surface area contributed by atoms with E-state index in [0.717, 1.165) is 15.8 Å². The first kappa shape index (κ1) is 19.0. The third-order valence-corrected chi connectivity index (χ3v) is 5.10. The average molecular weight is 383 g/mol. The van der Waals surface area contributed by atoms with Gasteiger partial charge in [-0.1, -0.05) is 30.3 Å². The molecule has 3 N–H and O–H groups in total. The van der Waals surface area contributed by atoms with Crippen LogP contribution in [0.4, 0.5) is 5.69 Å². The molecule has 0 aliphatic heterocycles. The molecular weight excluding hydrogens is 362 g/mol. The number of aliphatic hydroxyl groups excluding tert-OH is 1. The van der Waals surface area contributed by atoms with Crippen molar-refractivity contribution in [2.75, 3.05) is 18.1 Å². The fraction of sp³-hybridized carbons (Fsp3) is 0.200. The third-order valence-electron chi connectivity index (χ3n) is 4.30. The summed E-state index contributed by atoms with van der Waals surface area (Å²) in [5.74, 6) is -1.55. The normalized spacial score (nSPS) is 12.0. The second-order valence-corrected chi connectivity index (χ2v) is 6.94. The van der Waals surface area contributed by atoms with Crippen molar-refractivity contribution in [3.63, 3.8) is 0 Å². The fourth-order valence-electron chi connectivity index (χ4n) is 2.95. The minimum atomic E-state index is -0.911. The minimum Gasteiger partial charge on any atom is -0.386 e. The maximum Gasteiger partial charge on any atom is 0.313 e. The van der Waals surface area contributed by atoms with Crippen LogP contribution < -0.4 is 10.6 Å². The summed E-state index contributed by atoms with van der Waals surface area (Å²) in [7, 11) is 1.90. The summed E-state index contributed by atoms with van der Waals surface area (Å²) < 4.78 is 1.92. The Bertz CT molecular complexity index is 984. The van der Waals surface area contributed by atoms with Crippen molar-refractivity contribution in [2.24, 2.45) is 7.05 Å². The van der Waals surface area contributed by atoms with E-state index in [9.17, 15) is 14.7 Å². The van der Waals surface area contributed by atoms with E-state index in [4.69, 9.17) is 0 Å². The average Bonchev–Trinajstić information content (AvgIpc) is 3.03. The largest absolute Gasteiger partial charge is 0.386 e. The number of para-hydroxylation sites is 2. The van der Waals surface area contributed by atoms with Gasteiger partial charge in [0.25, 0.3) is 0 Å². The molecule has 0 saturated carbocycles. The Labute approximate surface area is 161 Å². The van der Waals surface area contributed by atoms with Crippen LogP contribution in [-0.2, 0) is 16.6 Å². The molecule has 1 heterocycles. The number of fused-ring (bicyclic) bond motifs is 1. The van der Waals surface area contributed by atoms with Gasteiger partial charge in [-0.15, -0.1) is 11.8 Å². The first-order valence-electron chi connectivity index (χ1n) is 8.45. The lowest BCUT2D eigenvalue weighted by Gasteiger charge is -2.12. The Kier molecular flexibility index (Phi) is 5.83. The second kappa shape index (κ2) is 8.28. The monoisotopic (exact) mass is 383 g/mol. The van der Waals surface area contributed by atoms with Crippen LogP contribution in [0.1, 0.15) is 11.7 Å². The van der Waals surface area contributed by atoms with E-state index in [1.807, 2.05) is 60.5 Å². The van der Waals surface area contributed by atoms with Crippen molar-refractivity contribution in [2.45, 2.75) is 11.0 Å². The number of anilines is 1. The number of carbonyl (C=O) groups is 2. The van der Waals surface area contributed by atoms with Crippen LogP contribution in [0.3, 0.4) is 0 Å². The molecule has 1 aromatic heterocycles. The number of aryl methyl sites for hydroxylation is 1. The number of hydrogen-bond acceptors (Lipinski definition) is 4. The summed E-state index contributed by atoms with van der Waals surface area (Å²) in [6.45, 7) is -0.0512. The van der Waals surface area contributed by atoms with E-state index in [0.29, 0.717) is 11.3 Å². The minimum absolute atomic E-state index is 0.0512. The van der Waals surface area contributed by atoms with E-state index >= 15 is 0 Å². The molecule has 0 radical (unpaired) electrons. The predicted molar refractivity (Wildman–Crippen MR) is 108 cm³/mol. The number of hydrogen-bond donors (Lipinski definition) is 3. The topological polar surface area (TPSA) is 83.4 Å². The number of nitrogens with zero attached hydrogens (tertiary/aromatic N) is 1. The molecule has 2 amide bonds. The summed E-state index contributed by atoms with van der Waals surface area (Å²) in [6, 6.07) is 15.0. The lowest BCUT2D eigenvalue weighted by molar-refractivity contribution is -0.136. The maximum absolute atomic E-state index is 12.1. The van der Waals surface area contributed by atoms with Crippen LogP contribution in [0, 0.1) is 0 Å². The van der Waals surface area contributed by atoms with E-state index < -0.39 is 17.9 Å².